The summed E-state index contributed by atoms with van der Waals surface area (Å²) >= 11 is 7.00. The van der Waals surface area contributed by atoms with Gasteiger partial charge in [0.25, 0.3) is 0 Å². The van der Waals surface area contributed by atoms with Crippen molar-refractivity contribution in [3.8, 4) is 0 Å². The highest BCUT2D eigenvalue weighted by Crippen LogP contribution is 2.29. The van der Waals surface area contributed by atoms with Crippen molar-refractivity contribution in [3.05, 3.63) is 44.8 Å². The van der Waals surface area contributed by atoms with Crippen LogP contribution in [0.3, 0.4) is 0 Å². The minimum absolute atomic E-state index is 0.656. The molecule has 0 fully saturated rings. The topological polar surface area (TPSA) is 9.23 Å². The molecular formula is C12H10Br2O. The van der Waals surface area contributed by atoms with Gasteiger partial charge in [0.2, 0.25) is 0 Å². The van der Waals surface area contributed by atoms with E-state index in [1.54, 1.807) is 7.11 Å². The zero-order valence-electron chi connectivity index (χ0n) is 8.26. The number of halogens is 2. The third-order valence-electron chi connectivity index (χ3n) is 2.25. The van der Waals surface area contributed by atoms with E-state index in [1.807, 2.05) is 0 Å². The van der Waals surface area contributed by atoms with Gasteiger partial charge in [-0.05, 0) is 66.4 Å². The third-order valence-corrected chi connectivity index (χ3v) is 4.10. The van der Waals surface area contributed by atoms with Gasteiger partial charge in [0.05, 0.1) is 6.61 Å². The number of hydrogen-bond acceptors (Lipinski definition) is 1. The van der Waals surface area contributed by atoms with Gasteiger partial charge in [0, 0.05) is 16.1 Å². The van der Waals surface area contributed by atoms with E-state index >= 15 is 0 Å². The summed E-state index contributed by atoms with van der Waals surface area (Å²) in [6, 6.07) is 10.6. The largest absolute Gasteiger partial charge is 0.380 e. The van der Waals surface area contributed by atoms with Gasteiger partial charge >= 0.3 is 0 Å². The van der Waals surface area contributed by atoms with Crippen LogP contribution in [0, 0.1) is 0 Å². The quantitative estimate of drug-likeness (QED) is 0.787. The van der Waals surface area contributed by atoms with Crippen molar-refractivity contribution in [2.24, 2.45) is 0 Å². The average molecular weight is 330 g/mol. The maximum absolute atomic E-state index is 5.11. The number of rotatable bonds is 2. The Morgan fingerprint density at radius 2 is 1.67 bits per heavy atom. The first-order valence-electron chi connectivity index (χ1n) is 4.57. The number of fused-ring (bicyclic) bond motifs is 1. The predicted molar refractivity (Wildman–Crippen MR) is 70.1 cm³/mol. The van der Waals surface area contributed by atoms with Crippen molar-refractivity contribution < 1.29 is 4.74 Å². The van der Waals surface area contributed by atoms with E-state index in [9.17, 15) is 0 Å². The van der Waals surface area contributed by atoms with Crippen molar-refractivity contribution >= 4 is 42.6 Å². The van der Waals surface area contributed by atoms with E-state index in [0.29, 0.717) is 6.61 Å². The molecule has 0 bridgehead atoms. The van der Waals surface area contributed by atoms with Crippen molar-refractivity contribution in [1.82, 2.24) is 0 Å². The lowest BCUT2D eigenvalue weighted by molar-refractivity contribution is 0.185. The van der Waals surface area contributed by atoms with Crippen LogP contribution in [-0.4, -0.2) is 7.11 Å². The second-order valence-electron chi connectivity index (χ2n) is 3.38. The Bertz CT molecular complexity index is 494. The molecular weight excluding hydrogens is 320 g/mol. The molecule has 2 rings (SSSR count). The van der Waals surface area contributed by atoms with Gasteiger partial charge in [-0.2, -0.15) is 0 Å². The van der Waals surface area contributed by atoms with Crippen molar-refractivity contribution in [3.63, 3.8) is 0 Å². The molecule has 0 amide bonds. The highest BCUT2D eigenvalue weighted by molar-refractivity contribution is 9.13. The first-order valence-corrected chi connectivity index (χ1v) is 6.16. The fourth-order valence-electron chi connectivity index (χ4n) is 1.55. The molecule has 0 atom stereocenters. The van der Waals surface area contributed by atoms with Gasteiger partial charge in [0.15, 0.2) is 0 Å². The van der Waals surface area contributed by atoms with Gasteiger partial charge in [-0.1, -0.05) is 12.1 Å². The summed E-state index contributed by atoms with van der Waals surface area (Å²) in [6.45, 7) is 0.656. The Morgan fingerprint density at radius 1 is 1.00 bits per heavy atom. The predicted octanol–water partition coefficient (Wildman–Crippen LogP) is 4.51. The smallest absolute Gasteiger partial charge is 0.0713 e. The third kappa shape index (κ3) is 2.41. The van der Waals surface area contributed by atoms with Crippen LogP contribution in [0.25, 0.3) is 10.8 Å². The first-order chi connectivity index (χ1) is 7.20. The zero-order valence-corrected chi connectivity index (χ0v) is 11.4. The molecule has 0 aliphatic heterocycles. The molecule has 0 saturated heterocycles. The van der Waals surface area contributed by atoms with Gasteiger partial charge < -0.3 is 4.74 Å². The molecule has 3 heteroatoms. The lowest BCUT2D eigenvalue weighted by Gasteiger charge is -2.04. The maximum atomic E-state index is 5.11. The van der Waals surface area contributed by atoms with Crippen LogP contribution in [0.5, 0.6) is 0 Å². The summed E-state index contributed by atoms with van der Waals surface area (Å²) < 4.78 is 7.26. The molecule has 0 unspecified atom stereocenters. The highest BCUT2D eigenvalue weighted by Gasteiger charge is 2.01. The van der Waals surface area contributed by atoms with Crippen LogP contribution in [0.2, 0.25) is 0 Å². The van der Waals surface area contributed by atoms with E-state index in [2.05, 4.69) is 62.2 Å². The van der Waals surface area contributed by atoms with Crippen molar-refractivity contribution in [1.29, 1.82) is 0 Å². The number of hydrogen-bond donors (Lipinski definition) is 0. The SMILES string of the molecule is COCc1ccc2cc(Br)c(Br)cc2c1. The fourth-order valence-corrected chi connectivity index (χ4v) is 2.27. The molecule has 78 valence electrons. The van der Waals surface area contributed by atoms with E-state index in [0.717, 1.165) is 8.95 Å². The summed E-state index contributed by atoms with van der Waals surface area (Å²) in [5.74, 6) is 0. The molecule has 2 aromatic rings. The van der Waals surface area contributed by atoms with Gasteiger partial charge in [-0.3, -0.25) is 0 Å². The summed E-state index contributed by atoms with van der Waals surface area (Å²) in [7, 11) is 1.71. The highest BCUT2D eigenvalue weighted by atomic mass is 79.9. The summed E-state index contributed by atoms with van der Waals surface area (Å²) in [5, 5.41) is 2.45. The van der Waals surface area contributed by atoms with Crippen molar-refractivity contribution in [2.75, 3.05) is 7.11 Å². The molecule has 0 aromatic heterocycles. The van der Waals surface area contributed by atoms with E-state index in [-0.39, 0.29) is 0 Å². The Balaban J connectivity index is 2.56. The Morgan fingerprint density at radius 3 is 2.33 bits per heavy atom. The summed E-state index contributed by atoms with van der Waals surface area (Å²) in [6.07, 6.45) is 0. The monoisotopic (exact) mass is 328 g/mol. The molecule has 0 saturated carbocycles. The van der Waals surface area contributed by atoms with Gasteiger partial charge in [0.1, 0.15) is 0 Å². The second kappa shape index (κ2) is 4.64. The molecule has 0 aliphatic rings. The van der Waals surface area contributed by atoms with Crippen LogP contribution >= 0.6 is 31.9 Å². The average Bonchev–Trinajstić information content (AvgIpc) is 2.21. The van der Waals surface area contributed by atoms with Crippen LogP contribution in [0.4, 0.5) is 0 Å². The van der Waals surface area contributed by atoms with E-state index < -0.39 is 0 Å². The van der Waals surface area contributed by atoms with Crippen LogP contribution < -0.4 is 0 Å². The van der Waals surface area contributed by atoms with Crippen LogP contribution in [0.15, 0.2) is 39.3 Å². The minimum Gasteiger partial charge on any atom is -0.380 e. The summed E-state index contributed by atoms with van der Waals surface area (Å²) in [5.41, 5.74) is 1.19. The van der Waals surface area contributed by atoms with Crippen molar-refractivity contribution in [2.45, 2.75) is 6.61 Å². The Labute approximate surface area is 106 Å². The number of ether oxygens (including phenoxy) is 1. The van der Waals surface area contributed by atoms with Crippen LogP contribution in [-0.2, 0) is 11.3 Å². The molecule has 15 heavy (non-hydrogen) atoms. The maximum Gasteiger partial charge on any atom is 0.0713 e. The van der Waals surface area contributed by atoms with Gasteiger partial charge in [-0.15, -0.1) is 0 Å². The Kier molecular flexibility index (Phi) is 3.44. The van der Waals surface area contributed by atoms with E-state index in [4.69, 9.17) is 4.74 Å². The lowest BCUT2D eigenvalue weighted by Crippen LogP contribution is -1.87. The molecule has 0 heterocycles. The second-order valence-corrected chi connectivity index (χ2v) is 5.09. The molecule has 0 radical (unpaired) electrons. The molecule has 0 aliphatic carbocycles. The Hall–Kier alpha value is -0.380. The first kappa shape index (κ1) is 11.1. The molecule has 2 aromatic carbocycles. The van der Waals surface area contributed by atoms with E-state index in [1.165, 1.54) is 16.3 Å². The number of benzene rings is 2. The lowest BCUT2D eigenvalue weighted by atomic mass is 10.1. The molecule has 1 nitrogen and oxygen atoms in total. The van der Waals surface area contributed by atoms with Gasteiger partial charge in [-0.25, -0.2) is 0 Å². The normalized spacial score (nSPS) is 10.9. The van der Waals surface area contributed by atoms with Crippen LogP contribution in [0.1, 0.15) is 5.56 Å². The molecule has 0 spiro atoms. The summed E-state index contributed by atoms with van der Waals surface area (Å²) in [4.78, 5) is 0. The standard InChI is InChI=1S/C12H10Br2O/c1-15-7-8-2-3-9-5-11(13)12(14)6-10(9)4-8/h2-6H,7H2,1H3. The fraction of sp³-hybridized carbons (Fsp3) is 0.167. The zero-order chi connectivity index (χ0) is 10.8. The molecule has 0 N–H and O–H groups in total. The number of methoxy groups -OCH3 is 1. The minimum atomic E-state index is 0.656.